The molecule has 96 valence electrons. The molecule has 0 heterocycles. The molecule has 1 saturated carbocycles. The summed E-state index contributed by atoms with van der Waals surface area (Å²) in [5.74, 6) is 0.552. The third-order valence-corrected chi connectivity index (χ3v) is 3.47. The molecule has 0 aliphatic heterocycles. The molecule has 0 saturated heterocycles. The van der Waals surface area contributed by atoms with E-state index < -0.39 is 0 Å². The van der Waals surface area contributed by atoms with E-state index in [0.29, 0.717) is 0 Å². The maximum Gasteiger partial charge on any atom is 0.168 e. The van der Waals surface area contributed by atoms with E-state index in [1.54, 1.807) is 0 Å². The van der Waals surface area contributed by atoms with Crippen molar-refractivity contribution in [2.45, 2.75) is 19.4 Å². The number of carbonyl (C=O) groups is 1. The van der Waals surface area contributed by atoms with Gasteiger partial charge in [0.2, 0.25) is 0 Å². The quantitative estimate of drug-likeness (QED) is 0.817. The van der Waals surface area contributed by atoms with Crippen LogP contribution in [-0.2, 0) is 6.54 Å². The minimum atomic E-state index is 0.264. The van der Waals surface area contributed by atoms with Gasteiger partial charge in [0.1, 0.15) is 0 Å². The van der Waals surface area contributed by atoms with E-state index in [9.17, 15) is 4.79 Å². The van der Waals surface area contributed by atoms with Crippen molar-refractivity contribution in [2.75, 3.05) is 5.32 Å². The lowest BCUT2D eigenvalue weighted by molar-refractivity contribution is 0.0968. The average Bonchev–Trinajstić information content (AvgIpc) is 3.30. The van der Waals surface area contributed by atoms with Crippen molar-refractivity contribution in [2.24, 2.45) is 5.92 Å². The van der Waals surface area contributed by atoms with Crippen LogP contribution >= 0.6 is 0 Å². The summed E-state index contributed by atoms with van der Waals surface area (Å²) in [6.07, 6.45) is 2.09. The summed E-state index contributed by atoms with van der Waals surface area (Å²) < 4.78 is 0. The van der Waals surface area contributed by atoms with Gasteiger partial charge in [0.05, 0.1) is 0 Å². The maximum absolute atomic E-state index is 12.2. The highest BCUT2D eigenvalue weighted by atomic mass is 16.1. The Balaban J connectivity index is 1.75. The van der Waals surface area contributed by atoms with Crippen LogP contribution in [0.3, 0.4) is 0 Å². The molecule has 0 atom stereocenters. The average molecular weight is 251 g/mol. The minimum Gasteiger partial charge on any atom is -0.380 e. The van der Waals surface area contributed by atoms with E-state index in [1.807, 2.05) is 42.5 Å². The molecule has 1 aliphatic carbocycles. The number of anilines is 1. The Bertz CT molecular complexity index is 573. The zero-order valence-corrected chi connectivity index (χ0v) is 10.8. The Morgan fingerprint density at radius 1 is 1.00 bits per heavy atom. The number of Topliss-reactive ketones (excluding diaryl/α,β-unsaturated/α-hetero) is 1. The Morgan fingerprint density at radius 2 is 1.68 bits per heavy atom. The third-order valence-electron chi connectivity index (χ3n) is 3.47. The highest BCUT2D eigenvalue weighted by molar-refractivity contribution is 6.03. The number of nitrogens with one attached hydrogen (secondary N) is 1. The van der Waals surface area contributed by atoms with Gasteiger partial charge >= 0.3 is 0 Å². The molecule has 1 N–H and O–H groups in total. The number of benzene rings is 2. The van der Waals surface area contributed by atoms with Gasteiger partial charge in [-0.3, -0.25) is 4.79 Å². The molecule has 0 spiro atoms. The zero-order chi connectivity index (χ0) is 13.1. The largest absolute Gasteiger partial charge is 0.380 e. The monoisotopic (exact) mass is 251 g/mol. The van der Waals surface area contributed by atoms with E-state index in [4.69, 9.17) is 0 Å². The second-order valence-electron chi connectivity index (χ2n) is 5.02. The topological polar surface area (TPSA) is 29.1 Å². The Morgan fingerprint density at radius 3 is 2.42 bits per heavy atom. The molecular formula is C17H17NO. The third kappa shape index (κ3) is 2.84. The zero-order valence-electron chi connectivity index (χ0n) is 10.8. The highest BCUT2D eigenvalue weighted by Crippen LogP contribution is 2.34. The van der Waals surface area contributed by atoms with Gasteiger partial charge in [0, 0.05) is 23.7 Å². The Kier molecular flexibility index (Phi) is 3.32. The van der Waals surface area contributed by atoms with Gasteiger partial charge in [-0.05, 0) is 30.5 Å². The summed E-state index contributed by atoms with van der Waals surface area (Å²) in [6.45, 7) is 0.746. The smallest absolute Gasteiger partial charge is 0.168 e. The van der Waals surface area contributed by atoms with Crippen LogP contribution in [0.25, 0.3) is 0 Å². The molecule has 0 unspecified atom stereocenters. The van der Waals surface area contributed by atoms with Gasteiger partial charge in [-0.15, -0.1) is 0 Å². The summed E-state index contributed by atoms with van der Waals surface area (Å²) in [6, 6.07) is 18.0. The van der Waals surface area contributed by atoms with Crippen LogP contribution in [-0.4, -0.2) is 5.78 Å². The van der Waals surface area contributed by atoms with Crippen molar-refractivity contribution in [3.05, 3.63) is 65.7 Å². The van der Waals surface area contributed by atoms with E-state index in [2.05, 4.69) is 17.4 Å². The summed E-state index contributed by atoms with van der Waals surface area (Å²) in [5, 5.41) is 3.37. The molecule has 0 bridgehead atoms. The van der Waals surface area contributed by atoms with E-state index >= 15 is 0 Å². The Labute approximate surface area is 113 Å². The van der Waals surface area contributed by atoms with Crippen molar-refractivity contribution >= 4 is 11.5 Å². The first-order chi connectivity index (χ1) is 9.34. The van der Waals surface area contributed by atoms with Crippen LogP contribution < -0.4 is 5.32 Å². The minimum absolute atomic E-state index is 0.264. The Hall–Kier alpha value is -2.09. The summed E-state index contributed by atoms with van der Waals surface area (Å²) in [5.41, 5.74) is 3.00. The van der Waals surface area contributed by atoms with Crippen molar-refractivity contribution in [1.82, 2.24) is 0 Å². The number of carbonyl (C=O) groups excluding carboxylic acids is 1. The van der Waals surface area contributed by atoms with E-state index in [0.717, 1.165) is 30.6 Å². The van der Waals surface area contributed by atoms with Gasteiger partial charge in [-0.1, -0.05) is 42.5 Å². The highest BCUT2D eigenvalue weighted by Gasteiger charge is 2.31. The first-order valence-electron chi connectivity index (χ1n) is 6.75. The summed E-state index contributed by atoms with van der Waals surface area (Å²) in [7, 11) is 0. The molecule has 1 fully saturated rings. The molecule has 0 radical (unpaired) electrons. The van der Waals surface area contributed by atoms with Gasteiger partial charge in [-0.25, -0.2) is 0 Å². The van der Waals surface area contributed by atoms with Crippen LogP contribution in [0.1, 0.15) is 28.8 Å². The molecule has 2 heteroatoms. The fourth-order valence-electron chi connectivity index (χ4n) is 2.21. The van der Waals surface area contributed by atoms with Crippen molar-refractivity contribution in [1.29, 1.82) is 0 Å². The van der Waals surface area contributed by atoms with Gasteiger partial charge < -0.3 is 5.32 Å². The van der Waals surface area contributed by atoms with Crippen molar-refractivity contribution in [3.63, 3.8) is 0 Å². The van der Waals surface area contributed by atoms with Crippen LogP contribution in [0.15, 0.2) is 54.6 Å². The number of ketones is 1. The SMILES string of the molecule is O=C(c1ccccc1NCc1ccccc1)C1CC1. The van der Waals surface area contributed by atoms with Crippen LogP contribution in [0.4, 0.5) is 5.69 Å². The number of para-hydroxylation sites is 1. The summed E-state index contributed by atoms with van der Waals surface area (Å²) >= 11 is 0. The van der Waals surface area contributed by atoms with Crippen LogP contribution in [0, 0.1) is 5.92 Å². The van der Waals surface area contributed by atoms with E-state index in [1.165, 1.54) is 5.56 Å². The van der Waals surface area contributed by atoms with Crippen molar-refractivity contribution in [3.8, 4) is 0 Å². The lowest BCUT2D eigenvalue weighted by Crippen LogP contribution is -2.08. The lowest BCUT2D eigenvalue weighted by Gasteiger charge is -2.11. The molecule has 2 aromatic carbocycles. The second-order valence-corrected chi connectivity index (χ2v) is 5.02. The lowest BCUT2D eigenvalue weighted by atomic mass is 10.0. The number of hydrogen-bond donors (Lipinski definition) is 1. The molecule has 2 aromatic rings. The molecule has 0 aromatic heterocycles. The van der Waals surface area contributed by atoms with Gasteiger partial charge in [0.15, 0.2) is 5.78 Å². The van der Waals surface area contributed by atoms with Crippen molar-refractivity contribution < 1.29 is 4.79 Å². The fraction of sp³-hybridized carbons (Fsp3) is 0.235. The van der Waals surface area contributed by atoms with Crippen LogP contribution in [0.5, 0.6) is 0 Å². The maximum atomic E-state index is 12.2. The first kappa shape index (κ1) is 12.0. The molecule has 2 nitrogen and oxygen atoms in total. The second kappa shape index (κ2) is 5.27. The molecule has 0 amide bonds. The number of hydrogen-bond acceptors (Lipinski definition) is 2. The summed E-state index contributed by atoms with van der Waals surface area (Å²) in [4.78, 5) is 12.2. The van der Waals surface area contributed by atoms with Crippen LogP contribution in [0.2, 0.25) is 0 Å². The molecule has 1 aliphatic rings. The van der Waals surface area contributed by atoms with E-state index in [-0.39, 0.29) is 11.7 Å². The molecule has 3 rings (SSSR count). The number of rotatable bonds is 5. The predicted octanol–water partition coefficient (Wildman–Crippen LogP) is 3.89. The molecule has 19 heavy (non-hydrogen) atoms. The fourth-order valence-corrected chi connectivity index (χ4v) is 2.21. The normalized spacial score (nSPS) is 14.1. The van der Waals surface area contributed by atoms with Gasteiger partial charge in [-0.2, -0.15) is 0 Å². The standard InChI is InChI=1S/C17H17NO/c19-17(14-10-11-14)15-8-4-5-9-16(15)18-12-13-6-2-1-3-7-13/h1-9,14,18H,10-12H2. The molecular weight excluding hydrogens is 234 g/mol. The first-order valence-corrected chi connectivity index (χ1v) is 6.75. The predicted molar refractivity (Wildman–Crippen MR) is 77.3 cm³/mol. The van der Waals surface area contributed by atoms with Gasteiger partial charge in [0.25, 0.3) is 0 Å².